The largest absolute Gasteiger partial charge is 0.364 e. The molecule has 1 aromatic heterocycles. The van der Waals surface area contributed by atoms with Gasteiger partial charge in [-0.1, -0.05) is 5.16 Å². The number of aromatic nitrogens is 1. The Hall–Kier alpha value is -2.24. The Bertz CT molecular complexity index is 566. The van der Waals surface area contributed by atoms with Gasteiger partial charge in [0.25, 0.3) is 5.91 Å². The lowest BCUT2D eigenvalue weighted by Gasteiger charge is -2.04. The summed E-state index contributed by atoms with van der Waals surface area (Å²) in [4.78, 5) is 11.7. The Morgan fingerprint density at radius 3 is 2.76 bits per heavy atom. The van der Waals surface area contributed by atoms with Gasteiger partial charge < -0.3 is 9.84 Å². The van der Waals surface area contributed by atoms with Gasteiger partial charge in [0, 0.05) is 6.07 Å². The van der Waals surface area contributed by atoms with Crippen LogP contribution in [0.3, 0.4) is 0 Å². The maximum atomic E-state index is 13.3. The van der Waals surface area contributed by atoms with Crippen molar-refractivity contribution in [2.75, 3.05) is 5.32 Å². The zero-order valence-electron chi connectivity index (χ0n) is 8.83. The minimum Gasteiger partial charge on any atom is -0.364 e. The molecule has 0 aliphatic rings. The van der Waals surface area contributed by atoms with E-state index in [0.29, 0.717) is 11.8 Å². The van der Waals surface area contributed by atoms with E-state index in [1.165, 1.54) is 0 Å². The van der Waals surface area contributed by atoms with Crippen molar-refractivity contribution in [2.24, 2.45) is 0 Å². The topological polar surface area (TPSA) is 55.1 Å². The maximum Gasteiger partial charge on any atom is 0.260 e. The second kappa shape index (κ2) is 4.32. The zero-order chi connectivity index (χ0) is 12.4. The molecule has 0 saturated carbocycles. The Balaban J connectivity index is 2.22. The fraction of sp³-hybridized carbons (Fsp3) is 0.0909. The van der Waals surface area contributed by atoms with E-state index in [4.69, 9.17) is 0 Å². The van der Waals surface area contributed by atoms with Crippen LogP contribution in [0.5, 0.6) is 0 Å². The highest BCUT2D eigenvalue weighted by Crippen LogP contribution is 2.16. The molecule has 0 spiro atoms. The molecule has 0 radical (unpaired) electrons. The lowest BCUT2D eigenvalue weighted by molar-refractivity contribution is 0.102. The minimum atomic E-state index is -0.840. The summed E-state index contributed by atoms with van der Waals surface area (Å²) in [6.07, 6.45) is 1.16. The molecule has 2 rings (SSSR count). The summed E-state index contributed by atoms with van der Waals surface area (Å²) in [5.41, 5.74) is 0.496. The number of nitrogens with one attached hydrogen (secondary N) is 1. The predicted molar refractivity (Wildman–Crippen MR) is 55.6 cm³/mol. The molecule has 0 aliphatic carbocycles. The normalized spacial score (nSPS) is 10.3. The molecule has 0 bridgehead atoms. The molecular formula is C11H8F2N2O2. The standard InChI is InChI=1S/C11H8F2N2O2/c1-6-8(5-17-15-6)11(16)14-10-3-2-7(12)4-9(10)13/h2-5H,1H3,(H,14,16). The molecule has 1 aromatic carbocycles. The van der Waals surface area contributed by atoms with E-state index in [2.05, 4.69) is 15.0 Å². The average molecular weight is 238 g/mol. The second-order valence-electron chi connectivity index (χ2n) is 3.39. The van der Waals surface area contributed by atoms with Gasteiger partial charge in [-0.25, -0.2) is 8.78 Å². The zero-order valence-corrected chi connectivity index (χ0v) is 8.83. The van der Waals surface area contributed by atoms with Crippen LogP contribution in [0.15, 0.2) is 29.0 Å². The Morgan fingerprint density at radius 1 is 1.41 bits per heavy atom. The smallest absolute Gasteiger partial charge is 0.260 e. The molecule has 0 saturated heterocycles. The number of benzene rings is 1. The number of carbonyl (C=O) groups excluding carboxylic acids is 1. The summed E-state index contributed by atoms with van der Waals surface area (Å²) in [5.74, 6) is -2.11. The summed E-state index contributed by atoms with van der Waals surface area (Å²) < 4.78 is 30.5. The number of hydrogen-bond acceptors (Lipinski definition) is 3. The second-order valence-corrected chi connectivity index (χ2v) is 3.39. The fourth-order valence-electron chi connectivity index (χ4n) is 1.29. The molecule has 4 nitrogen and oxygen atoms in total. The monoisotopic (exact) mass is 238 g/mol. The molecule has 0 fully saturated rings. The highest BCUT2D eigenvalue weighted by molar-refractivity contribution is 6.04. The van der Waals surface area contributed by atoms with Crippen molar-refractivity contribution >= 4 is 11.6 Å². The molecule has 2 aromatic rings. The van der Waals surface area contributed by atoms with Crippen molar-refractivity contribution in [2.45, 2.75) is 6.92 Å². The summed E-state index contributed by atoms with van der Waals surface area (Å²) in [6, 6.07) is 2.89. The Labute approximate surface area is 95.2 Å². The number of carbonyl (C=O) groups is 1. The van der Waals surface area contributed by atoms with Crippen molar-refractivity contribution in [3.63, 3.8) is 0 Å². The number of hydrogen-bond donors (Lipinski definition) is 1. The van der Waals surface area contributed by atoms with Crippen LogP contribution in [0.4, 0.5) is 14.5 Å². The highest BCUT2D eigenvalue weighted by Gasteiger charge is 2.14. The van der Waals surface area contributed by atoms with E-state index < -0.39 is 17.5 Å². The van der Waals surface area contributed by atoms with Crippen LogP contribution in [-0.2, 0) is 0 Å². The van der Waals surface area contributed by atoms with Crippen molar-refractivity contribution in [1.29, 1.82) is 0 Å². The van der Waals surface area contributed by atoms with Crippen LogP contribution < -0.4 is 5.32 Å². The molecule has 6 heteroatoms. The van der Waals surface area contributed by atoms with Gasteiger partial charge in [0.2, 0.25) is 0 Å². The molecular weight excluding hydrogens is 230 g/mol. The van der Waals surface area contributed by atoms with Crippen molar-refractivity contribution in [1.82, 2.24) is 5.16 Å². The van der Waals surface area contributed by atoms with Gasteiger partial charge in [0.15, 0.2) is 0 Å². The quantitative estimate of drug-likeness (QED) is 0.874. The van der Waals surface area contributed by atoms with E-state index in [0.717, 1.165) is 18.4 Å². The van der Waals surface area contributed by atoms with Gasteiger partial charge in [-0.15, -0.1) is 0 Å². The van der Waals surface area contributed by atoms with Crippen LogP contribution >= 0.6 is 0 Å². The van der Waals surface area contributed by atoms with E-state index in [1.807, 2.05) is 0 Å². The number of nitrogens with zero attached hydrogens (tertiary/aromatic N) is 1. The SMILES string of the molecule is Cc1nocc1C(=O)Nc1ccc(F)cc1F. The first kappa shape index (κ1) is 11.3. The first-order valence-electron chi connectivity index (χ1n) is 4.75. The maximum absolute atomic E-state index is 13.3. The lowest BCUT2D eigenvalue weighted by Crippen LogP contribution is -2.13. The molecule has 0 aliphatic heterocycles. The van der Waals surface area contributed by atoms with E-state index >= 15 is 0 Å². The highest BCUT2D eigenvalue weighted by atomic mass is 19.1. The third-order valence-electron chi connectivity index (χ3n) is 2.17. The number of amides is 1. The molecule has 0 unspecified atom stereocenters. The van der Waals surface area contributed by atoms with Gasteiger partial charge in [-0.05, 0) is 19.1 Å². The third kappa shape index (κ3) is 2.30. The number of rotatable bonds is 2. The number of halogens is 2. The van der Waals surface area contributed by atoms with Gasteiger partial charge in [0.05, 0.1) is 11.4 Å². The first-order chi connectivity index (χ1) is 8.08. The van der Waals surface area contributed by atoms with Crippen LogP contribution in [-0.4, -0.2) is 11.1 Å². The van der Waals surface area contributed by atoms with Gasteiger partial charge in [-0.2, -0.15) is 0 Å². The number of anilines is 1. The average Bonchev–Trinajstić information content (AvgIpc) is 2.68. The lowest BCUT2D eigenvalue weighted by atomic mass is 10.2. The summed E-state index contributed by atoms with van der Waals surface area (Å²) in [6.45, 7) is 1.58. The van der Waals surface area contributed by atoms with Crippen LogP contribution in [0.2, 0.25) is 0 Å². The molecule has 1 N–H and O–H groups in total. The number of aryl methyl sites for hydroxylation is 1. The van der Waals surface area contributed by atoms with Gasteiger partial charge in [-0.3, -0.25) is 4.79 Å². The van der Waals surface area contributed by atoms with Crippen molar-refractivity contribution in [3.05, 3.63) is 47.4 Å². The Kier molecular flexibility index (Phi) is 2.86. The fourth-order valence-corrected chi connectivity index (χ4v) is 1.29. The molecule has 1 heterocycles. The third-order valence-corrected chi connectivity index (χ3v) is 2.17. The first-order valence-corrected chi connectivity index (χ1v) is 4.75. The molecule has 0 atom stereocenters. The minimum absolute atomic E-state index is 0.1000. The van der Waals surface area contributed by atoms with Crippen LogP contribution in [0, 0.1) is 18.6 Å². The van der Waals surface area contributed by atoms with Crippen molar-refractivity contribution in [3.8, 4) is 0 Å². The van der Waals surface area contributed by atoms with Gasteiger partial charge in [0.1, 0.15) is 23.5 Å². The Morgan fingerprint density at radius 2 is 2.18 bits per heavy atom. The van der Waals surface area contributed by atoms with Crippen LogP contribution in [0.25, 0.3) is 0 Å². The molecule has 88 valence electrons. The summed E-state index contributed by atoms with van der Waals surface area (Å²) in [7, 11) is 0. The predicted octanol–water partition coefficient (Wildman–Crippen LogP) is 2.51. The van der Waals surface area contributed by atoms with E-state index in [1.54, 1.807) is 6.92 Å². The van der Waals surface area contributed by atoms with E-state index in [-0.39, 0.29) is 11.3 Å². The van der Waals surface area contributed by atoms with Crippen molar-refractivity contribution < 1.29 is 18.1 Å². The van der Waals surface area contributed by atoms with E-state index in [9.17, 15) is 13.6 Å². The summed E-state index contributed by atoms with van der Waals surface area (Å²) in [5, 5.41) is 5.83. The van der Waals surface area contributed by atoms with Crippen LogP contribution in [0.1, 0.15) is 16.1 Å². The summed E-state index contributed by atoms with van der Waals surface area (Å²) >= 11 is 0. The molecule has 17 heavy (non-hydrogen) atoms. The molecule has 1 amide bonds. The van der Waals surface area contributed by atoms with Gasteiger partial charge >= 0.3 is 0 Å².